The van der Waals surface area contributed by atoms with Crippen LogP contribution in [0.5, 0.6) is 0 Å². The number of hydrogen-bond acceptors (Lipinski definition) is 7. The number of aromatic nitrogens is 1. The van der Waals surface area contributed by atoms with Crippen LogP contribution in [0.1, 0.15) is 59.7 Å². The van der Waals surface area contributed by atoms with Crippen molar-refractivity contribution < 1.29 is 36.3 Å². The second-order valence-electron chi connectivity index (χ2n) is 11.5. The normalized spacial score (nSPS) is 22.0. The fraction of sp³-hybridized carbons (Fsp3) is 0.538. The highest BCUT2D eigenvalue weighted by Crippen LogP contribution is 2.46. The van der Waals surface area contributed by atoms with Crippen molar-refractivity contribution in [1.29, 1.82) is 0 Å². The van der Waals surface area contributed by atoms with Gasteiger partial charge in [0.05, 0.1) is 33.3 Å². The van der Waals surface area contributed by atoms with Crippen LogP contribution in [0.4, 0.5) is 18.9 Å². The van der Waals surface area contributed by atoms with Crippen LogP contribution in [0, 0.1) is 12.7 Å². The summed E-state index contributed by atoms with van der Waals surface area (Å²) in [5, 5.41) is 19.2. The Hall–Kier alpha value is -2.61. The quantitative estimate of drug-likeness (QED) is 0.197. The van der Waals surface area contributed by atoms with Gasteiger partial charge in [-0.15, -0.1) is 0 Å². The Morgan fingerprint density at radius 1 is 1.23 bits per heavy atom. The molecule has 1 aromatic heterocycles. The zero-order chi connectivity index (χ0) is 29.3. The summed E-state index contributed by atoms with van der Waals surface area (Å²) in [4.78, 5) is 26.7. The van der Waals surface area contributed by atoms with Crippen LogP contribution in [0.2, 0.25) is 5.02 Å². The molecule has 1 aromatic carbocycles. The Labute approximate surface area is 234 Å². The lowest BCUT2D eigenvalue weighted by Gasteiger charge is -2.50. The van der Waals surface area contributed by atoms with Crippen molar-refractivity contribution in [3.05, 3.63) is 51.6 Å². The molecule has 2 aliphatic heterocycles. The van der Waals surface area contributed by atoms with Gasteiger partial charge in [0.2, 0.25) is 0 Å². The van der Waals surface area contributed by atoms with Gasteiger partial charge in [-0.1, -0.05) is 11.6 Å². The first kappa shape index (κ1) is 28.9. The number of nitrogens with one attached hydrogen (secondary N) is 3. The average Bonchev–Trinajstić information content (AvgIpc) is 3.36. The zero-order valence-electron chi connectivity index (χ0n) is 21.9. The number of Topliss-reactive ketones (excluding diaryl/α,β-unsaturated/α-hetero) is 1. The van der Waals surface area contributed by atoms with Crippen molar-refractivity contribution in [3.63, 3.8) is 0 Å². The summed E-state index contributed by atoms with van der Waals surface area (Å²) in [5.41, 5.74) is -0.487. The predicted molar refractivity (Wildman–Crippen MR) is 142 cm³/mol. The number of carbonyl (C=O) groups is 2. The number of alkyl halides is 2. The molecule has 1 unspecified atom stereocenters. The van der Waals surface area contributed by atoms with Gasteiger partial charge in [0.1, 0.15) is 5.82 Å². The number of halogens is 4. The van der Waals surface area contributed by atoms with Gasteiger partial charge in [-0.05, 0) is 50.5 Å². The van der Waals surface area contributed by atoms with Gasteiger partial charge in [-0.3, -0.25) is 9.59 Å². The Kier molecular flexibility index (Phi) is 7.04. The Balaban J connectivity index is 1.35. The number of benzene rings is 1. The summed E-state index contributed by atoms with van der Waals surface area (Å²) in [6, 6.07) is 3.85. The van der Waals surface area contributed by atoms with Crippen molar-refractivity contribution >= 4 is 38.8 Å². The maximum atomic E-state index is 14.0. The van der Waals surface area contributed by atoms with Crippen LogP contribution in [-0.2, 0) is 27.6 Å². The standard InChI is InChI=1S/C26H30ClF3N4O5S/c1-14-19(18-4-3-7-34(18)20(14)22(36)32-15-5-6-17(28)16(27)8-15)21(35)23(37)33-25(9-26(29,30)10-25)11-31-24(2)12-40(38,39)13-24/h5-6,8,22,31-32,36H,3-4,7,9-13H2,1-2H3,(H,33,37). The summed E-state index contributed by atoms with van der Waals surface area (Å²) < 4.78 is 66.5. The third-order valence-corrected chi connectivity index (χ3v) is 10.3. The van der Waals surface area contributed by atoms with E-state index in [9.17, 15) is 36.3 Å². The number of fused-ring (bicyclic) bond motifs is 1. The molecule has 0 spiro atoms. The lowest BCUT2D eigenvalue weighted by atomic mass is 9.72. The second kappa shape index (κ2) is 9.74. The molecule has 5 rings (SSSR count). The highest BCUT2D eigenvalue weighted by atomic mass is 35.5. The fourth-order valence-electron chi connectivity index (χ4n) is 6.23. The van der Waals surface area contributed by atoms with Gasteiger partial charge >= 0.3 is 0 Å². The maximum absolute atomic E-state index is 14.0. The number of aliphatic hydroxyl groups excluding tert-OH is 1. The number of carbonyl (C=O) groups excluding carboxylic acids is 2. The number of sulfone groups is 1. The molecular weight excluding hydrogens is 573 g/mol. The highest BCUT2D eigenvalue weighted by Gasteiger charge is 2.58. The van der Waals surface area contributed by atoms with Gasteiger partial charge < -0.3 is 25.6 Å². The minimum absolute atomic E-state index is 0.106. The molecule has 0 bridgehead atoms. The smallest absolute Gasteiger partial charge is 0.292 e. The Bertz CT molecular complexity index is 1490. The number of rotatable bonds is 9. The predicted octanol–water partition coefficient (Wildman–Crippen LogP) is 2.88. The van der Waals surface area contributed by atoms with Crippen LogP contribution in [0.3, 0.4) is 0 Å². The van der Waals surface area contributed by atoms with Crippen LogP contribution in [-0.4, -0.2) is 64.8 Å². The van der Waals surface area contributed by atoms with E-state index in [1.165, 1.54) is 12.1 Å². The molecule has 4 N–H and O–H groups in total. The van der Waals surface area contributed by atoms with E-state index in [4.69, 9.17) is 11.6 Å². The molecule has 218 valence electrons. The van der Waals surface area contributed by atoms with Crippen molar-refractivity contribution in [2.24, 2.45) is 0 Å². The topological polar surface area (TPSA) is 130 Å². The molecule has 9 nitrogen and oxygen atoms in total. The molecule has 1 saturated heterocycles. The van der Waals surface area contributed by atoms with E-state index in [0.717, 1.165) is 6.07 Å². The van der Waals surface area contributed by atoms with Gasteiger partial charge in [0, 0.05) is 42.9 Å². The van der Waals surface area contributed by atoms with E-state index < -0.39 is 63.4 Å². The number of ketones is 1. The fourth-order valence-corrected chi connectivity index (χ4v) is 8.48. The largest absolute Gasteiger partial charge is 0.368 e. The van der Waals surface area contributed by atoms with Gasteiger partial charge in [0.25, 0.3) is 17.6 Å². The summed E-state index contributed by atoms with van der Waals surface area (Å²) in [7, 11) is -3.18. The first-order valence-corrected chi connectivity index (χ1v) is 15.0. The lowest BCUT2D eigenvalue weighted by molar-refractivity contribution is -0.145. The van der Waals surface area contributed by atoms with Crippen LogP contribution in [0.25, 0.3) is 0 Å². The third kappa shape index (κ3) is 5.36. The highest BCUT2D eigenvalue weighted by molar-refractivity contribution is 7.93. The second-order valence-corrected chi connectivity index (χ2v) is 14.0. The average molecular weight is 603 g/mol. The minimum atomic E-state index is -3.18. The van der Waals surface area contributed by atoms with E-state index >= 15 is 0 Å². The molecule has 40 heavy (non-hydrogen) atoms. The SMILES string of the molecule is Cc1c(C(=O)C(=O)NC2(CNC3(C)CS(=O)(=O)C3)CC(F)(F)C2)c2n(c1C(O)Nc1ccc(F)c(Cl)c1)CCC2. The van der Waals surface area contributed by atoms with E-state index in [0.29, 0.717) is 42.0 Å². The van der Waals surface area contributed by atoms with Crippen LogP contribution in [0.15, 0.2) is 18.2 Å². The van der Waals surface area contributed by atoms with Crippen LogP contribution < -0.4 is 16.0 Å². The molecule has 3 aliphatic rings. The van der Waals surface area contributed by atoms with Crippen molar-refractivity contribution in [3.8, 4) is 0 Å². The van der Waals surface area contributed by atoms with Crippen molar-refractivity contribution in [2.75, 3.05) is 23.4 Å². The molecule has 0 radical (unpaired) electrons. The van der Waals surface area contributed by atoms with E-state index in [1.807, 2.05) is 0 Å². The summed E-state index contributed by atoms with van der Waals surface area (Å²) in [6.07, 6.45) is -1.54. The molecule has 3 heterocycles. The first-order valence-electron chi connectivity index (χ1n) is 12.8. The summed E-state index contributed by atoms with van der Waals surface area (Å²) in [6.45, 7) is 3.63. The Morgan fingerprint density at radius 2 is 1.90 bits per heavy atom. The Morgan fingerprint density at radius 3 is 2.50 bits per heavy atom. The van der Waals surface area contributed by atoms with E-state index in [1.54, 1.807) is 18.4 Å². The van der Waals surface area contributed by atoms with Gasteiger partial charge in [-0.2, -0.15) is 0 Å². The zero-order valence-corrected chi connectivity index (χ0v) is 23.5. The molecule has 2 aromatic rings. The van der Waals surface area contributed by atoms with Crippen molar-refractivity contribution in [1.82, 2.24) is 15.2 Å². The molecule has 1 amide bonds. The van der Waals surface area contributed by atoms with Crippen LogP contribution >= 0.6 is 11.6 Å². The number of nitrogens with zero attached hydrogens (tertiary/aromatic N) is 1. The van der Waals surface area contributed by atoms with E-state index in [2.05, 4.69) is 16.0 Å². The summed E-state index contributed by atoms with van der Waals surface area (Å²) in [5.74, 6) is -5.88. The minimum Gasteiger partial charge on any atom is -0.368 e. The summed E-state index contributed by atoms with van der Waals surface area (Å²) >= 11 is 5.84. The molecule has 1 saturated carbocycles. The van der Waals surface area contributed by atoms with Crippen molar-refractivity contribution in [2.45, 2.75) is 69.3 Å². The van der Waals surface area contributed by atoms with Gasteiger partial charge in [-0.25, -0.2) is 21.6 Å². The number of aliphatic hydroxyl groups is 1. The molecule has 1 aliphatic carbocycles. The van der Waals surface area contributed by atoms with E-state index in [-0.39, 0.29) is 28.6 Å². The molecule has 14 heteroatoms. The lowest BCUT2D eigenvalue weighted by Crippen LogP contribution is -2.71. The monoisotopic (exact) mass is 602 g/mol. The molecule has 2 fully saturated rings. The molecular formula is C26H30ClF3N4O5S. The first-order chi connectivity index (χ1) is 18.5. The molecule has 1 atom stereocenters. The number of amides is 1. The maximum Gasteiger partial charge on any atom is 0.292 e. The van der Waals surface area contributed by atoms with Gasteiger partial charge in [0.15, 0.2) is 16.1 Å². The third-order valence-electron chi connectivity index (χ3n) is 7.88. The number of anilines is 1. The number of hydrogen-bond donors (Lipinski definition) is 4.